The number of amides is 1. The van der Waals surface area contributed by atoms with Gasteiger partial charge >= 0.3 is 5.97 Å². The maximum Gasteiger partial charge on any atom is 0.310 e. The summed E-state index contributed by atoms with van der Waals surface area (Å²) < 4.78 is 15.5. The topological polar surface area (TPSA) is 97.9 Å². The zero-order valence-electron chi connectivity index (χ0n) is 16.5. The number of nitrogens with one attached hydrogen (secondary N) is 1. The second kappa shape index (κ2) is 9.27. The number of aromatic nitrogens is 1. The highest BCUT2D eigenvalue weighted by Gasteiger charge is 2.22. The third-order valence-corrected chi connectivity index (χ3v) is 4.82. The van der Waals surface area contributed by atoms with Crippen molar-refractivity contribution in [2.24, 2.45) is 0 Å². The lowest BCUT2D eigenvalue weighted by atomic mass is 10.1. The lowest BCUT2D eigenvalue weighted by Crippen LogP contribution is -2.27. The first kappa shape index (κ1) is 20.4. The number of benzene rings is 1. The Kier molecular flexibility index (Phi) is 6.54. The molecule has 0 radical (unpaired) electrons. The van der Waals surface area contributed by atoms with Crippen molar-refractivity contribution in [3.63, 3.8) is 0 Å². The second-order valence-electron chi connectivity index (χ2n) is 6.74. The molecule has 8 heteroatoms. The van der Waals surface area contributed by atoms with Gasteiger partial charge in [-0.2, -0.15) is 0 Å². The fourth-order valence-corrected chi connectivity index (χ4v) is 3.20. The van der Waals surface area contributed by atoms with Gasteiger partial charge in [0.2, 0.25) is 5.78 Å². The van der Waals surface area contributed by atoms with Gasteiger partial charge in [-0.1, -0.05) is 6.07 Å². The Labute approximate surface area is 168 Å². The van der Waals surface area contributed by atoms with Gasteiger partial charge in [-0.05, 0) is 25.0 Å². The van der Waals surface area contributed by atoms with Crippen molar-refractivity contribution in [3.8, 4) is 11.5 Å². The van der Waals surface area contributed by atoms with E-state index < -0.39 is 12.6 Å². The first-order valence-corrected chi connectivity index (χ1v) is 9.39. The molecular formula is C21H24N2O6. The number of nitrogens with zero attached hydrogens (tertiary/aromatic N) is 1. The Bertz CT molecular complexity index is 898. The molecule has 0 atom stereocenters. The number of likely N-dealkylation sites (tertiary alicyclic amines) is 1. The van der Waals surface area contributed by atoms with Crippen molar-refractivity contribution >= 4 is 17.7 Å². The van der Waals surface area contributed by atoms with Crippen molar-refractivity contribution < 1.29 is 28.6 Å². The summed E-state index contributed by atoms with van der Waals surface area (Å²) in [5.74, 6) is 0.0665. The summed E-state index contributed by atoms with van der Waals surface area (Å²) in [6.45, 7) is 1.06. The molecule has 1 aliphatic rings. The number of hydrogen-bond acceptors (Lipinski definition) is 6. The number of carbonyl (C=O) groups excluding carboxylic acids is 3. The fraction of sp³-hybridized carbons (Fsp3) is 0.381. The van der Waals surface area contributed by atoms with Crippen molar-refractivity contribution in [2.45, 2.75) is 19.3 Å². The van der Waals surface area contributed by atoms with Gasteiger partial charge in [0.15, 0.2) is 6.61 Å². The second-order valence-corrected chi connectivity index (χ2v) is 6.74. The van der Waals surface area contributed by atoms with E-state index in [9.17, 15) is 14.4 Å². The maximum atomic E-state index is 12.3. The Hall–Kier alpha value is -3.29. The minimum Gasteiger partial charge on any atom is -0.497 e. The molecule has 0 aliphatic carbocycles. The van der Waals surface area contributed by atoms with Crippen LogP contribution >= 0.6 is 0 Å². The Morgan fingerprint density at radius 1 is 1.07 bits per heavy atom. The number of H-pyrrole nitrogens is 1. The van der Waals surface area contributed by atoms with E-state index >= 15 is 0 Å². The summed E-state index contributed by atoms with van der Waals surface area (Å²) in [4.78, 5) is 41.4. The van der Waals surface area contributed by atoms with Crippen LogP contribution < -0.4 is 9.47 Å². The molecule has 1 aliphatic heterocycles. The molecule has 1 N–H and O–H groups in total. The SMILES string of the molecule is COc1ccc(CC(=O)OCC(=O)c2c[nH]c(C(=O)N3CCCC3)c2)c(OC)c1. The van der Waals surface area contributed by atoms with Gasteiger partial charge in [-0.3, -0.25) is 14.4 Å². The summed E-state index contributed by atoms with van der Waals surface area (Å²) in [7, 11) is 3.04. The molecule has 0 saturated carbocycles. The van der Waals surface area contributed by atoms with Crippen LogP contribution in [0.5, 0.6) is 11.5 Å². The number of Topliss-reactive ketones (excluding diaryl/α,β-unsaturated/α-hetero) is 1. The van der Waals surface area contributed by atoms with Gasteiger partial charge < -0.3 is 24.1 Å². The van der Waals surface area contributed by atoms with Crippen LogP contribution in [0.2, 0.25) is 0 Å². The van der Waals surface area contributed by atoms with Gasteiger partial charge in [0, 0.05) is 36.5 Å². The zero-order valence-corrected chi connectivity index (χ0v) is 16.5. The van der Waals surface area contributed by atoms with E-state index in [4.69, 9.17) is 14.2 Å². The molecule has 29 heavy (non-hydrogen) atoms. The molecule has 0 spiro atoms. The zero-order chi connectivity index (χ0) is 20.8. The third-order valence-electron chi connectivity index (χ3n) is 4.82. The molecular weight excluding hydrogens is 376 g/mol. The number of ether oxygens (including phenoxy) is 3. The Morgan fingerprint density at radius 3 is 2.52 bits per heavy atom. The maximum absolute atomic E-state index is 12.3. The van der Waals surface area contributed by atoms with Gasteiger partial charge in [-0.25, -0.2) is 0 Å². The normalized spacial score (nSPS) is 13.2. The van der Waals surface area contributed by atoms with Crippen LogP contribution in [0.4, 0.5) is 0 Å². The lowest BCUT2D eigenvalue weighted by molar-refractivity contribution is -0.141. The molecule has 1 fully saturated rings. The Morgan fingerprint density at radius 2 is 1.83 bits per heavy atom. The molecule has 0 unspecified atom stereocenters. The van der Waals surface area contributed by atoms with E-state index in [1.54, 1.807) is 30.2 Å². The van der Waals surface area contributed by atoms with Crippen LogP contribution in [0.3, 0.4) is 0 Å². The highest BCUT2D eigenvalue weighted by molar-refractivity contribution is 6.01. The first-order chi connectivity index (χ1) is 14.0. The van der Waals surface area contributed by atoms with E-state index in [-0.39, 0.29) is 18.1 Å². The number of rotatable bonds is 8. The summed E-state index contributed by atoms with van der Waals surface area (Å²) >= 11 is 0. The van der Waals surface area contributed by atoms with Gasteiger partial charge in [-0.15, -0.1) is 0 Å². The number of hydrogen-bond donors (Lipinski definition) is 1. The highest BCUT2D eigenvalue weighted by Crippen LogP contribution is 2.25. The van der Waals surface area contributed by atoms with Crippen LogP contribution in [-0.2, 0) is 16.0 Å². The standard InChI is InChI=1S/C21H24N2O6/c1-27-16-6-5-14(19(11-16)28-2)10-20(25)29-13-18(24)15-9-17(22-12-15)21(26)23-7-3-4-8-23/h5-6,9,11-12,22H,3-4,7-8,10,13H2,1-2H3. The first-order valence-electron chi connectivity index (χ1n) is 9.39. The summed E-state index contributed by atoms with van der Waals surface area (Å²) in [6.07, 6.45) is 3.42. The highest BCUT2D eigenvalue weighted by atomic mass is 16.5. The minimum absolute atomic E-state index is 0.0354. The van der Waals surface area contributed by atoms with Gasteiger partial charge in [0.05, 0.1) is 20.6 Å². The average Bonchev–Trinajstić information content (AvgIpc) is 3.44. The number of esters is 1. The fourth-order valence-electron chi connectivity index (χ4n) is 3.20. The molecule has 3 rings (SSSR count). The van der Waals surface area contributed by atoms with E-state index in [0.29, 0.717) is 28.3 Å². The molecule has 1 amide bonds. The largest absolute Gasteiger partial charge is 0.497 e. The molecule has 154 valence electrons. The third kappa shape index (κ3) is 4.96. The van der Waals surface area contributed by atoms with Gasteiger partial charge in [0.25, 0.3) is 5.91 Å². The van der Waals surface area contributed by atoms with Crippen LogP contribution in [0.15, 0.2) is 30.5 Å². The van der Waals surface area contributed by atoms with Crippen molar-refractivity contribution in [1.29, 1.82) is 0 Å². The van der Waals surface area contributed by atoms with E-state index in [0.717, 1.165) is 25.9 Å². The average molecular weight is 400 g/mol. The van der Waals surface area contributed by atoms with Crippen LogP contribution in [0, 0.1) is 0 Å². The lowest BCUT2D eigenvalue weighted by Gasteiger charge is -2.13. The van der Waals surface area contributed by atoms with Crippen molar-refractivity contribution in [1.82, 2.24) is 9.88 Å². The number of methoxy groups -OCH3 is 2. The number of ketones is 1. The molecule has 2 aromatic rings. The number of aromatic amines is 1. The summed E-state index contributed by atoms with van der Waals surface area (Å²) in [5.41, 5.74) is 1.30. The van der Waals surface area contributed by atoms with Crippen LogP contribution in [0.25, 0.3) is 0 Å². The predicted molar refractivity (Wildman–Crippen MR) is 104 cm³/mol. The predicted octanol–water partition coefficient (Wildman–Crippen LogP) is 2.24. The minimum atomic E-state index is -0.550. The van der Waals surface area contributed by atoms with Crippen LogP contribution in [0.1, 0.15) is 39.3 Å². The van der Waals surface area contributed by atoms with Crippen molar-refractivity contribution in [3.05, 3.63) is 47.3 Å². The van der Waals surface area contributed by atoms with Gasteiger partial charge in [0.1, 0.15) is 17.2 Å². The smallest absolute Gasteiger partial charge is 0.310 e. The Balaban J connectivity index is 1.54. The van der Waals surface area contributed by atoms with E-state index in [2.05, 4.69) is 4.98 Å². The molecule has 2 heterocycles. The summed E-state index contributed by atoms with van der Waals surface area (Å²) in [5, 5.41) is 0. The van der Waals surface area contributed by atoms with Crippen LogP contribution in [-0.4, -0.2) is 61.5 Å². The quantitative estimate of drug-likeness (QED) is 0.539. The molecule has 8 nitrogen and oxygen atoms in total. The molecule has 1 saturated heterocycles. The van der Waals surface area contributed by atoms with E-state index in [1.807, 2.05) is 0 Å². The summed E-state index contributed by atoms with van der Waals surface area (Å²) in [6, 6.07) is 6.61. The molecule has 1 aromatic carbocycles. The van der Waals surface area contributed by atoms with E-state index in [1.165, 1.54) is 19.4 Å². The van der Waals surface area contributed by atoms with Crippen molar-refractivity contribution in [2.75, 3.05) is 33.9 Å². The molecule has 0 bridgehead atoms. The number of carbonyl (C=O) groups is 3. The molecule has 1 aromatic heterocycles. The monoisotopic (exact) mass is 400 g/mol.